The van der Waals surface area contributed by atoms with Gasteiger partial charge in [-0.3, -0.25) is 4.79 Å². The first-order valence-corrected chi connectivity index (χ1v) is 9.11. The molecule has 0 heterocycles. The van der Waals surface area contributed by atoms with E-state index >= 15 is 0 Å². The molecule has 4 N–H and O–H groups in total. The maximum atomic E-state index is 12.2. The third-order valence-electron chi connectivity index (χ3n) is 4.09. The molecule has 1 aromatic rings. The Bertz CT molecular complexity index is 649. The Morgan fingerprint density at radius 2 is 1.82 bits per heavy atom. The summed E-state index contributed by atoms with van der Waals surface area (Å²) < 4.78 is 26.7. The van der Waals surface area contributed by atoms with Crippen molar-refractivity contribution >= 4 is 15.9 Å². The van der Waals surface area contributed by atoms with Gasteiger partial charge >= 0.3 is 0 Å². The summed E-state index contributed by atoms with van der Waals surface area (Å²) in [6.07, 6.45) is 3.99. The molecule has 0 aromatic heterocycles. The molecule has 1 atom stereocenters. The Kier molecular flexibility index (Phi) is 4.20. The van der Waals surface area contributed by atoms with E-state index in [2.05, 4.69) is 10.0 Å². The Hall–Kier alpha value is -1.44. The third-order valence-corrected chi connectivity index (χ3v) is 5.62. The van der Waals surface area contributed by atoms with E-state index in [0.29, 0.717) is 18.0 Å². The molecule has 22 heavy (non-hydrogen) atoms. The second kappa shape index (κ2) is 5.98. The highest BCUT2D eigenvalue weighted by Crippen LogP contribution is 2.32. The van der Waals surface area contributed by atoms with Crippen LogP contribution in [0, 0.1) is 5.92 Å². The van der Waals surface area contributed by atoms with Gasteiger partial charge in [-0.25, -0.2) is 13.1 Å². The number of sulfonamides is 1. The Morgan fingerprint density at radius 1 is 1.18 bits per heavy atom. The van der Waals surface area contributed by atoms with Crippen molar-refractivity contribution in [1.29, 1.82) is 0 Å². The average molecular weight is 323 g/mol. The quantitative estimate of drug-likeness (QED) is 0.683. The summed E-state index contributed by atoms with van der Waals surface area (Å²) in [7, 11) is -3.47. The van der Waals surface area contributed by atoms with Crippen LogP contribution in [0.25, 0.3) is 0 Å². The van der Waals surface area contributed by atoms with Crippen molar-refractivity contribution in [3.05, 3.63) is 29.8 Å². The van der Waals surface area contributed by atoms with Crippen LogP contribution in [0.15, 0.2) is 29.2 Å². The summed E-state index contributed by atoms with van der Waals surface area (Å²) in [6.45, 7) is 0.425. The van der Waals surface area contributed by atoms with Gasteiger partial charge < -0.3 is 11.1 Å². The highest BCUT2D eigenvalue weighted by molar-refractivity contribution is 7.89. The van der Waals surface area contributed by atoms with Crippen molar-refractivity contribution in [2.45, 2.75) is 42.7 Å². The van der Waals surface area contributed by atoms with Crippen molar-refractivity contribution in [1.82, 2.24) is 10.0 Å². The van der Waals surface area contributed by atoms with Crippen LogP contribution in [-0.2, 0) is 10.0 Å². The summed E-state index contributed by atoms with van der Waals surface area (Å²) in [4.78, 5) is 12.4. The van der Waals surface area contributed by atoms with Gasteiger partial charge in [-0.15, -0.1) is 0 Å². The lowest BCUT2D eigenvalue weighted by Gasteiger charge is -2.16. The standard InChI is InChI=1S/C15H21N3O3S/c16-9-14(10-1-2-10)17-15(19)11-3-7-13(8-4-11)22(20,21)18-12-5-6-12/h3-4,7-8,10,12,14,18H,1-2,5-6,9,16H2,(H,17,19). The molecule has 0 radical (unpaired) electrons. The fraction of sp³-hybridized carbons (Fsp3) is 0.533. The molecule has 2 aliphatic carbocycles. The lowest BCUT2D eigenvalue weighted by atomic mass is 10.1. The topological polar surface area (TPSA) is 101 Å². The zero-order valence-corrected chi connectivity index (χ0v) is 13.1. The SMILES string of the molecule is NCC(NC(=O)c1ccc(S(=O)(=O)NC2CC2)cc1)C1CC1. The first-order valence-electron chi connectivity index (χ1n) is 7.63. The van der Waals surface area contributed by atoms with Crippen LogP contribution < -0.4 is 15.8 Å². The number of hydrogen-bond donors (Lipinski definition) is 3. The van der Waals surface area contributed by atoms with E-state index < -0.39 is 10.0 Å². The van der Waals surface area contributed by atoms with Crippen molar-refractivity contribution in [3.8, 4) is 0 Å². The van der Waals surface area contributed by atoms with Gasteiger partial charge in [0.25, 0.3) is 5.91 Å². The highest BCUT2D eigenvalue weighted by Gasteiger charge is 2.31. The molecule has 0 spiro atoms. The molecule has 7 heteroatoms. The largest absolute Gasteiger partial charge is 0.348 e. The number of nitrogens with two attached hydrogens (primary N) is 1. The summed E-state index contributed by atoms with van der Waals surface area (Å²) in [6, 6.07) is 6.08. The minimum absolute atomic E-state index is 0.00689. The van der Waals surface area contributed by atoms with E-state index in [4.69, 9.17) is 5.73 Å². The van der Waals surface area contributed by atoms with Gasteiger partial charge in [0.05, 0.1) is 4.90 Å². The number of amides is 1. The maximum Gasteiger partial charge on any atom is 0.251 e. The molecule has 3 rings (SSSR count). The second-order valence-corrected chi connectivity index (χ2v) is 7.79. The second-order valence-electron chi connectivity index (χ2n) is 6.07. The summed E-state index contributed by atoms with van der Waals surface area (Å²) in [5.74, 6) is 0.276. The van der Waals surface area contributed by atoms with Gasteiger partial charge in [-0.1, -0.05) is 0 Å². The van der Waals surface area contributed by atoms with Crippen molar-refractivity contribution < 1.29 is 13.2 Å². The number of carbonyl (C=O) groups excluding carboxylic acids is 1. The minimum atomic E-state index is -3.47. The molecular formula is C15H21N3O3S. The van der Waals surface area contributed by atoms with E-state index in [-0.39, 0.29) is 22.9 Å². The van der Waals surface area contributed by atoms with E-state index in [1.807, 2.05) is 0 Å². The Balaban J connectivity index is 1.66. The molecule has 1 amide bonds. The van der Waals surface area contributed by atoms with Gasteiger partial charge in [0.15, 0.2) is 0 Å². The van der Waals surface area contributed by atoms with E-state index in [9.17, 15) is 13.2 Å². The van der Waals surface area contributed by atoms with Crippen LogP contribution in [-0.4, -0.2) is 33.0 Å². The van der Waals surface area contributed by atoms with Gasteiger partial charge in [-0.2, -0.15) is 0 Å². The molecule has 6 nitrogen and oxygen atoms in total. The zero-order chi connectivity index (χ0) is 15.7. The van der Waals surface area contributed by atoms with Gasteiger partial charge in [0, 0.05) is 24.2 Å². The number of hydrogen-bond acceptors (Lipinski definition) is 4. The molecule has 2 saturated carbocycles. The van der Waals surface area contributed by atoms with Crippen LogP contribution in [0.5, 0.6) is 0 Å². The number of benzene rings is 1. The summed E-state index contributed by atoms with van der Waals surface area (Å²) in [5, 5.41) is 2.92. The van der Waals surface area contributed by atoms with Crippen LogP contribution in [0.2, 0.25) is 0 Å². The highest BCUT2D eigenvalue weighted by atomic mass is 32.2. The predicted octanol–water partition coefficient (Wildman–Crippen LogP) is 0.594. The van der Waals surface area contributed by atoms with Gasteiger partial charge in [-0.05, 0) is 55.9 Å². The van der Waals surface area contributed by atoms with Crippen molar-refractivity contribution in [2.24, 2.45) is 11.7 Å². The molecule has 120 valence electrons. The first-order chi connectivity index (χ1) is 10.5. The number of nitrogens with one attached hydrogen (secondary N) is 2. The van der Waals surface area contributed by atoms with Crippen LogP contribution in [0.3, 0.4) is 0 Å². The monoisotopic (exact) mass is 323 g/mol. The van der Waals surface area contributed by atoms with E-state index in [0.717, 1.165) is 25.7 Å². The summed E-state index contributed by atoms with van der Waals surface area (Å²) in [5.41, 5.74) is 6.12. The molecule has 0 bridgehead atoms. The molecule has 1 unspecified atom stereocenters. The van der Waals surface area contributed by atoms with Crippen LogP contribution in [0.4, 0.5) is 0 Å². The number of carbonyl (C=O) groups is 1. The smallest absolute Gasteiger partial charge is 0.251 e. The van der Waals surface area contributed by atoms with Crippen LogP contribution in [0.1, 0.15) is 36.0 Å². The molecular weight excluding hydrogens is 302 g/mol. The minimum Gasteiger partial charge on any atom is -0.348 e. The molecule has 0 saturated heterocycles. The summed E-state index contributed by atoms with van der Waals surface area (Å²) >= 11 is 0. The number of rotatable bonds is 7. The molecule has 2 fully saturated rings. The van der Waals surface area contributed by atoms with Gasteiger partial charge in [0.1, 0.15) is 0 Å². The van der Waals surface area contributed by atoms with Crippen molar-refractivity contribution in [2.75, 3.05) is 6.54 Å². The zero-order valence-electron chi connectivity index (χ0n) is 12.3. The molecule has 2 aliphatic rings. The fourth-order valence-electron chi connectivity index (χ4n) is 2.39. The average Bonchev–Trinajstić information content (AvgIpc) is 3.38. The lowest BCUT2D eigenvalue weighted by molar-refractivity contribution is 0.0933. The lowest BCUT2D eigenvalue weighted by Crippen LogP contribution is -2.41. The third kappa shape index (κ3) is 3.66. The predicted molar refractivity (Wildman–Crippen MR) is 82.8 cm³/mol. The molecule has 1 aromatic carbocycles. The molecule has 0 aliphatic heterocycles. The first kappa shape index (κ1) is 15.5. The van der Waals surface area contributed by atoms with Crippen molar-refractivity contribution in [3.63, 3.8) is 0 Å². The maximum absolute atomic E-state index is 12.2. The van der Waals surface area contributed by atoms with Gasteiger partial charge in [0.2, 0.25) is 10.0 Å². The van der Waals surface area contributed by atoms with E-state index in [1.54, 1.807) is 0 Å². The van der Waals surface area contributed by atoms with Crippen LogP contribution >= 0.6 is 0 Å². The normalized spacial score (nSPS) is 19.7. The van der Waals surface area contributed by atoms with E-state index in [1.165, 1.54) is 24.3 Å². The Labute approximate surface area is 130 Å². The Morgan fingerprint density at radius 3 is 2.32 bits per heavy atom. The fourth-order valence-corrected chi connectivity index (χ4v) is 3.70.